The molecule has 1 aliphatic heterocycles. The monoisotopic (exact) mass is 657 g/mol. The first-order valence-electron chi connectivity index (χ1n) is 14.0. The maximum Gasteiger partial charge on any atom is 0.305 e. The van der Waals surface area contributed by atoms with Crippen molar-refractivity contribution >= 4 is 68.9 Å². The number of ether oxygens (including phenoxy) is 1. The number of thiazole rings is 1. The lowest BCUT2D eigenvalue weighted by atomic mass is 10.1. The highest BCUT2D eigenvalue weighted by atomic mass is 35.5. The third-order valence-electron chi connectivity index (χ3n) is 7.93. The molecule has 0 bridgehead atoms. The van der Waals surface area contributed by atoms with Crippen molar-refractivity contribution in [2.24, 2.45) is 7.05 Å². The summed E-state index contributed by atoms with van der Waals surface area (Å²) < 4.78 is 6.64. The summed E-state index contributed by atoms with van der Waals surface area (Å²) in [5.74, 6) is -0.737. The lowest BCUT2D eigenvalue weighted by Crippen LogP contribution is -2.37. The van der Waals surface area contributed by atoms with Crippen LogP contribution in [0.15, 0.2) is 48.8 Å². The minimum absolute atomic E-state index is 0.0105. The molecule has 3 heterocycles. The number of anilines is 1. The first kappa shape index (κ1) is 31.9. The Morgan fingerprint density at radius 1 is 1.16 bits per heavy atom. The van der Waals surface area contributed by atoms with E-state index in [-0.39, 0.29) is 47.7 Å². The summed E-state index contributed by atoms with van der Waals surface area (Å²) >= 11 is 14.7. The van der Waals surface area contributed by atoms with Crippen LogP contribution >= 0.6 is 34.5 Å². The lowest BCUT2D eigenvalue weighted by Gasteiger charge is -2.24. The summed E-state index contributed by atoms with van der Waals surface area (Å²) in [6.07, 6.45) is 4.95. The summed E-state index contributed by atoms with van der Waals surface area (Å²) in [6.45, 7) is 0.440. The number of nitrogens with zero attached hydrogens (tertiary/aromatic N) is 4. The van der Waals surface area contributed by atoms with Crippen LogP contribution in [0.1, 0.15) is 44.7 Å². The Morgan fingerprint density at radius 3 is 2.68 bits per heavy atom. The van der Waals surface area contributed by atoms with Gasteiger partial charge in [0.1, 0.15) is 5.01 Å². The van der Waals surface area contributed by atoms with Crippen molar-refractivity contribution in [2.45, 2.75) is 37.8 Å². The topological polar surface area (TPSA) is 106 Å². The molecule has 1 aliphatic rings. The summed E-state index contributed by atoms with van der Waals surface area (Å²) in [5, 5.41) is 6.81. The molecule has 44 heavy (non-hydrogen) atoms. The normalized spacial score (nSPS) is 16.6. The van der Waals surface area contributed by atoms with E-state index in [1.165, 1.54) is 18.4 Å². The van der Waals surface area contributed by atoms with E-state index in [4.69, 9.17) is 32.8 Å². The summed E-state index contributed by atoms with van der Waals surface area (Å²) in [4.78, 5) is 51.3. The fourth-order valence-corrected chi connectivity index (χ4v) is 6.96. The van der Waals surface area contributed by atoms with Crippen molar-refractivity contribution in [1.29, 1.82) is 0 Å². The van der Waals surface area contributed by atoms with Gasteiger partial charge in [-0.2, -0.15) is 5.06 Å². The largest absolute Gasteiger partial charge is 0.469 e. The van der Waals surface area contributed by atoms with Crippen molar-refractivity contribution in [1.82, 2.24) is 19.5 Å². The molecule has 13 heteroatoms. The molecular formula is C31H33Cl2N5O5S. The zero-order valence-corrected chi connectivity index (χ0v) is 27.1. The molecule has 0 aliphatic carbocycles. The molecular weight excluding hydrogens is 625 g/mol. The minimum Gasteiger partial charge on any atom is -0.469 e. The third kappa shape index (κ3) is 6.77. The number of likely N-dealkylation sites (tertiary alicyclic amines) is 1. The number of halogens is 2. The number of para-hydroxylation sites is 1. The first-order chi connectivity index (χ1) is 21.1. The van der Waals surface area contributed by atoms with Gasteiger partial charge in [0.2, 0.25) is 5.91 Å². The van der Waals surface area contributed by atoms with Crippen molar-refractivity contribution in [3.05, 3.63) is 79.8 Å². The van der Waals surface area contributed by atoms with Gasteiger partial charge in [-0.1, -0.05) is 41.4 Å². The molecule has 0 radical (unpaired) electrons. The Kier molecular flexibility index (Phi) is 9.91. The average Bonchev–Trinajstić information content (AvgIpc) is 3.75. The number of hydrogen-bond acceptors (Lipinski definition) is 8. The van der Waals surface area contributed by atoms with E-state index < -0.39 is 0 Å². The number of benzene rings is 2. The van der Waals surface area contributed by atoms with Gasteiger partial charge in [-0.15, -0.1) is 11.3 Å². The summed E-state index contributed by atoms with van der Waals surface area (Å²) in [5.41, 5.74) is 2.35. The molecule has 1 fully saturated rings. The number of fused-ring (bicyclic) bond motifs is 1. The van der Waals surface area contributed by atoms with Crippen LogP contribution in [-0.4, -0.2) is 71.2 Å². The van der Waals surface area contributed by atoms with E-state index in [1.54, 1.807) is 41.6 Å². The van der Waals surface area contributed by atoms with E-state index in [2.05, 4.69) is 10.3 Å². The summed E-state index contributed by atoms with van der Waals surface area (Å²) in [6, 6.07) is 10.5. The molecule has 10 nitrogen and oxygen atoms in total. The van der Waals surface area contributed by atoms with Gasteiger partial charge in [-0.3, -0.25) is 14.4 Å². The zero-order chi connectivity index (χ0) is 31.5. The minimum atomic E-state index is -0.314. The number of aryl methyl sites for hydroxylation is 2. The second kappa shape index (κ2) is 13.7. The Labute approximate surface area is 269 Å². The van der Waals surface area contributed by atoms with Crippen molar-refractivity contribution < 1.29 is 24.0 Å². The predicted molar refractivity (Wildman–Crippen MR) is 171 cm³/mol. The molecule has 4 aromatic rings. The number of esters is 1. The van der Waals surface area contributed by atoms with Gasteiger partial charge in [0, 0.05) is 53.8 Å². The Hall–Kier alpha value is -3.48. The molecule has 5 rings (SSSR count). The van der Waals surface area contributed by atoms with Crippen molar-refractivity contribution in [3.63, 3.8) is 0 Å². The van der Waals surface area contributed by atoms with E-state index in [1.807, 2.05) is 42.9 Å². The van der Waals surface area contributed by atoms with E-state index in [0.29, 0.717) is 41.2 Å². The van der Waals surface area contributed by atoms with Gasteiger partial charge in [-0.05, 0) is 36.6 Å². The maximum absolute atomic E-state index is 13.8. The Morgan fingerprint density at radius 2 is 1.93 bits per heavy atom. The van der Waals surface area contributed by atoms with Crippen LogP contribution in [0.25, 0.3) is 10.9 Å². The average molecular weight is 659 g/mol. The number of hydrogen-bond donors (Lipinski definition) is 1. The van der Waals surface area contributed by atoms with Crippen molar-refractivity contribution in [2.75, 3.05) is 33.1 Å². The van der Waals surface area contributed by atoms with Crippen LogP contribution < -0.4 is 5.32 Å². The van der Waals surface area contributed by atoms with Crippen LogP contribution in [0.5, 0.6) is 0 Å². The zero-order valence-electron chi connectivity index (χ0n) is 24.8. The quantitative estimate of drug-likeness (QED) is 0.173. The van der Waals surface area contributed by atoms with Gasteiger partial charge >= 0.3 is 5.97 Å². The number of carbonyl (C=O) groups excluding carboxylic acids is 3. The van der Waals surface area contributed by atoms with Gasteiger partial charge < -0.3 is 24.4 Å². The molecule has 1 N–H and O–H groups in total. The molecule has 2 amide bonds. The molecule has 0 saturated carbocycles. The highest BCUT2D eigenvalue weighted by Crippen LogP contribution is 2.38. The van der Waals surface area contributed by atoms with Crippen molar-refractivity contribution in [3.8, 4) is 0 Å². The second-order valence-corrected chi connectivity index (χ2v) is 12.6. The number of amides is 2. The molecule has 2 aromatic carbocycles. The predicted octanol–water partition coefficient (Wildman–Crippen LogP) is 5.68. The molecule has 232 valence electrons. The van der Waals surface area contributed by atoms with Gasteiger partial charge in [-0.25, -0.2) is 4.98 Å². The first-order valence-corrected chi connectivity index (χ1v) is 15.6. The number of methoxy groups -OCH3 is 1. The van der Waals surface area contributed by atoms with Crippen LogP contribution in [0.3, 0.4) is 0 Å². The number of carbonyl (C=O) groups is 3. The fourth-order valence-electron chi connectivity index (χ4n) is 5.45. The number of hydroxylamine groups is 2. The number of rotatable bonds is 10. The van der Waals surface area contributed by atoms with E-state index in [9.17, 15) is 14.4 Å². The third-order valence-corrected chi connectivity index (χ3v) is 9.75. The molecule has 1 saturated heterocycles. The van der Waals surface area contributed by atoms with E-state index >= 15 is 0 Å². The summed E-state index contributed by atoms with van der Waals surface area (Å²) in [7, 11) is 6.68. The van der Waals surface area contributed by atoms with Crippen LogP contribution in [0.2, 0.25) is 10.0 Å². The fraction of sp³-hybridized carbons (Fsp3) is 0.355. The number of nitrogens with one attached hydrogen (secondary N) is 1. The number of aromatic nitrogens is 2. The SMILES string of the molecule is COC(=O)CCc1cnc([C@@H]2C[C@H](N(C)OC)CN2C(=O)Cc2cc(Cl)c(NC(=O)c3cn(C)c4ccccc34)cc2Cl)s1. The standard InChI is InChI=1S/C31H33Cl2N5O5S/c1-36-17-22(21-7-5-6-8-26(21)36)30(41)35-25-14-23(32)18(11-24(25)33)12-28(39)38-16-19(37(2)43-4)13-27(38)31-34-15-20(44-31)9-10-29(40)42-3/h5-8,11,14-15,17,19,27H,9-10,12-13,16H2,1-4H3,(H,35,41)/t19-,27-/m0/s1. The highest BCUT2D eigenvalue weighted by molar-refractivity contribution is 7.11. The molecule has 2 aromatic heterocycles. The van der Waals surface area contributed by atoms with Crippen LogP contribution in [-0.2, 0) is 39.1 Å². The van der Waals surface area contributed by atoms with E-state index in [0.717, 1.165) is 20.8 Å². The molecule has 0 spiro atoms. The van der Waals surface area contributed by atoms with Gasteiger partial charge in [0.05, 0.1) is 55.4 Å². The van der Waals surface area contributed by atoms with Gasteiger partial charge in [0.15, 0.2) is 0 Å². The molecule has 2 atom stereocenters. The van der Waals surface area contributed by atoms with Gasteiger partial charge in [0.25, 0.3) is 5.91 Å². The second-order valence-electron chi connectivity index (χ2n) is 10.6. The number of likely N-dealkylation sites (N-methyl/N-ethyl adjacent to an activating group) is 1. The Balaban J connectivity index is 1.32. The Bertz CT molecular complexity index is 1710. The highest BCUT2D eigenvalue weighted by Gasteiger charge is 2.40. The van der Waals surface area contributed by atoms with Crippen LogP contribution in [0.4, 0.5) is 5.69 Å². The van der Waals surface area contributed by atoms with Crippen LogP contribution in [0, 0.1) is 0 Å². The lowest BCUT2D eigenvalue weighted by molar-refractivity contribution is -0.141. The molecule has 0 unspecified atom stereocenters. The maximum atomic E-state index is 13.8. The smallest absolute Gasteiger partial charge is 0.305 e.